The second-order valence-corrected chi connectivity index (χ2v) is 4.33. The number of hydrogen-bond acceptors (Lipinski definition) is 3. The Balaban J connectivity index is 1.99. The van der Waals surface area contributed by atoms with E-state index in [2.05, 4.69) is 11.6 Å². The first-order valence-corrected chi connectivity index (χ1v) is 5.81. The second kappa shape index (κ2) is 4.99. The molecule has 90 valence electrons. The Kier molecular flexibility index (Phi) is 3.42. The molecule has 17 heavy (non-hydrogen) atoms. The van der Waals surface area contributed by atoms with Gasteiger partial charge in [0.1, 0.15) is 0 Å². The van der Waals surface area contributed by atoms with Crippen molar-refractivity contribution < 1.29 is 4.79 Å². The van der Waals surface area contributed by atoms with Crippen molar-refractivity contribution in [3.8, 4) is 0 Å². The average Bonchev–Trinajstić information content (AvgIpc) is 3.13. The van der Waals surface area contributed by atoms with Crippen molar-refractivity contribution in [3.05, 3.63) is 36.7 Å². The zero-order valence-corrected chi connectivity index (χ0v) is 9.80. The maximum atomic E-state index is 12.1. The highest BCUT2D eigenvalue weighted by atomic mass is 16.2. The maximum Gasteiger partial charge on any atom is 0.229 e. The van der Waals surface area contributed by atoms with Crippen molar-refractivity contribution in [1.29, 1.82) is 0 Å². The van der Waals surface area contributed by atoms with Gasteiger partial charge in [-0.15, -0.1) is 6.58 Å². The van der Waals surface area contributed by atoms with Crippen LogP contribution in [0.5, 0.6) is 0 Å². The second-order valence-electron chi connectivity index (χ2n) is 4.33. The number of carbonyl (C=O) groups excluding carboxylic acids is 1. The van der Waals surface area contributed by atoms with E-state index in [4.69, 9.17) is 5.73 Å². The molecule has 1 heterocycles. The van der Waals surface area contributed by atoms with Gasteiger partial charge < -0.3 is 10.6 Å². The lowest BCUT2D eigenvalue weighted by Crippen LogP contribution is -2.34. The molecular weight excluding hydrogens is 214 g/mol. The van der Waals surface area contributed by atoms with Crippen molar-refractivity contribution in [2.45, 2.75) is 25.3 Å². The molecule has 0 aromatic carbocycles. The van der Waals surface area contributed by atoms with E-state index in [0.29, 0.717) is 24.7 Å². The van der Waals surface area contributed by atoms with E-state index in [1.807, 2.05) is 4.90 Å². The van der Waals surface area contributed by atoms with Crippen molar-refractivity contribution >= 4 is 11.6 Å². The van der Waals surface area contributed by atoms with E-state index in [1.54, 1.807) is 24.4 Å². The number of nitrogens with zero attached hydrogens (tertiary/aromatic N) is 2. The quantitative estimate of drug-likeness (QED) is 0.779. The molecular formula is C13H17N3O. The third-order valence-corrected chi connectivity index (χ3v) is 2.81. The lowest BCUT2D eigenvalue weighted by molar-refractivity contribution is -0.130. The summed E-state index contributed by atoms with van der Waals surface area (Å²) in [5.41, 5.74) is 6.93. The fourth-order valence-corrected chi connectivity index (χ4v) is 1.78. The molecule has 2 N–H and O–H groups in total. The number of aromatic nitrogens is 1. The van der Waals surface area contributed by atoms with Crippen LogP contribution in [-0.4, -0.2) is 28.4 Å². The lowest BCUT2D eigenvalue weighted by atomic mass is 10.2. The summed E-state index contributed by atoms with van der Waals surface area (Å²) in [5, 5.41) is 0. The van der Waals surface area contributed by atoms with Gasteiger partial charge in [0.05, 0.1) is 18.3 Å². The van der Waals surface area contributed by atoms with Crippen molar-refractivity contribution in [2.24, 2.45) is 0 Å². The first-order chi connectivity index (χ1) is 8.20. The van der Waals surface area contributed by atoms with Crippen LogP contribution in [-0.2, 0) is 11.2 Å². The van der Waals surface area contributed by atoms with E-state index < -0.39 is 0 Å². The molecule has 1 saturated carbocycles. The van der Waals surface area contributed by atoms with Crippen LogP contribution in [0, 0.1) is 0 Å². The first-order valence-electron chi connectivity index (χ1n) is 5.81. The van der Waals surface area contributed by atoms with E-state index >= 15 is 0 Å². The Morgan fingerprint density at radius 1 is 1.59 bits per heavy atom. The molecule has 0 bridgehead atoms. The minimum atomic E-state index is 0.115. The smallest absolute Gasteiger partial charge is 0.229 e. The molecule has 1 fully saturated rings. The highest BCUT2D eigenvalue weighted by molar-refractivity contribution is 5.79. The molecule has 0 radical (unpaired) electrons. The third-order valence-electron chi connectivity index (χ3n) is 2.81. The van der Waals surface area contributed by atoms with Crippen LogP contribution in [0.15, 0.2) is 31.0 Å². The molecule has 0 spiro atoms. The van der Waals surface area contributed by atoms with Gasteiger partial charge in [-0.25, -0.2) is 0 Å². The van der Waals surface area contributed by atoms with Gasteiger partial charge >= 0.3 is 0 Å². The van der Waals surface area contributed by atoms with Crippen LogP contribution >= 0.6 is 0 Å². The number of pyridine rings is 1. The summed E-state index contributed by atoms with van der Waals surface area (Å²) in [5.74, 6) is 0.115. The first kappa shape index (κ1) is 11.6. The predicted molar refractivity (Wildman–Crippen MR) is 67.3 cm³/mol. The molecule has 2 rings (SSSR count). The standard InChI is InChI=1S/C13H17N3O/c1-2-7-16(12-5-6-12)13(17)8-11-4-3-10(14)9-15-11/h2-4,9,12H,1,5-8,14H2. The van der Waals surface area contributed by atoms with Crippen LogP contribution in [0.1, 0.15) is 18.5 Å². The van der Waals surface area contributed by atoms with Crippen LogP contribution in [0.3, 0.4) is 0 Å². The number of amides is 1. The Bertz CT molecular complexity index is 409. The van der Waals surface area contributed by atoms with Crippen molar-refractivity contribution in [3.63, 3.8) is 0 Å². The number of anilines is 1. The monoisotopic (exact) mass is 231 g/mol. The number of nitrogens with two attached hydrogens (primary N) is 1. The summed E-state index contributed by atoms with van der Waals surface area (Å²) in [6.45, 7) is 4.31. The maximum absolute atomic E-state index is 12.1. The molecule has 0 aliphatic heterocycles. The van der Waals surface area contributed by atoms with Crippen molar-refractivity contribution in [2.75, 3.05) is 12.3 Å². The van der Waals surface area contributed by atoms with Gasteiger partial charge in [0.25, 0.3) is 0 Å². The summed E-state index contributed by atoms with van der Waals surface area (Å²) in [7, 11) is 0. The molecule has 0 saturated heterocycles. The SMILES string of the molecule is C=CCN(C(=O)Cc1ccc(N)cn1)C1CC1. The number of hydrogen-bond donors (Lipinski definition) is 1. The van der Waals surface area contributed by atoms with Crippen LogP contribution in [0.25, 0.3) is 0 Å². The summed E-state index contributed by atoms with van der Waals surface area (Å²) < 4.78 is 0. The topological polar surface area (TPSA) is 59.2 Å². The summed E-state index contributed by atoms with van der Waals surface area (Å²) in [6.07, 6.45) is 5.90. The van der Waals surface area contributed by atoms with Gasteiger partial charge in [-0.05, 0) is 25.0 Å². The number of carbonyl (C=O) groups is 1. The molecule has 4 nitrogen and oxygen atoms in total. The van der Waals surface area contributed by atoms with E-state index in [9.17, 15) is 4.79 Å². The molecule has 1 aliphatic rings. The van der Waals surface area contributed by atoms with E-state index in [-0.39, 0.29) is 5.91 Å². The van der Waals surface area contributed by atoms with Crippen LogP contribution in [0.4, 0.5) is 5.69 Å². The fraction of sp³-hybridized carbons (Fsp3) is 0.385. The van der Waals surface area contributed by atoms with Gasteiger partial charge in [0.15, 0.2) is 0 Å². The zero-order valence-electron chi connectivity index (χ0n) is 9.80. The minimum absolute atomic E-state index is 0.115. The Morgan fingerprint density at radius 3 is 2.88 bits per heavy atom. The predicted octanol–water partition coefficient (Wildman–Crippen LogP) is 1.38. The van der Waals surface area contributed by atoms with Crippen LogP contribution in [0.2, 0.25) is 0 Å². The Morgan fingerprint density at radius 2 is 2.35 bits per heavy atom. The van der Waals surface area contributed by atoms with Crippen LogP contribution < -0.4 is 5.73 Å². The van der Waals surface area contributed by atoms with Gasteiger partial charge in [0.2, 0.25) is 5.91 Å². The average molecular weight is 231 g/mol. The summed E-state index contributed by atoms with van der Waals surface area (Å²) in [6, 6.07) is 3.98. The molecule has 1 aliphatic carbocycles. The molecule has 1 amide bonds. The van der Waals surface area contributed by atoms with Crippen molar-refractivity contribution in [1.82, 2.24) is 9.88 Å². The molecule has 1 aromatic rings. The lowest BCUT2D eigenvalue weighted by Gasteiger charge is -2.20. The molecule has 4 heteroatoms. The zero-order chi connectivity index (χ0) is 12.3. The molecule has 0 atom stereocenters. The van der Waals surface area contributed by atoms with E-state index in [0.717, 1.165) is 18.5 Å². The van der Waals surface area contributed by atoms with Gasteiger partial charge in [-0.1, -0.05) is 6.08 Å². The van der Waals surface area contributed by atoms with E-state index in [1.165, 1.54) is 0 Å². The minimum Gasteiger partial charge on any atom is -0.397 e. The summed E-state index contributed by atoms with van der Waals surface area (Å²) >= 11 is 0. The fourth-order valence-electron chi connectivity index (χ4n) is 1.78. The largest absolute Gasteiger partial charge is 0.397 e. The Labute approximate surface area is 101 Å². The van der Waals surface area contributed by atoms with Gasteiger partial charge in [0, 0.05) is 18.3 Å². The summed E-state index contributed by atoms with van der Waals surface area (Å²) in [4.78, 5) is 18.1. The highest BCUT2D eigenvalue weighted by Crippen LogP contribution is 2.27. The van der Waals surface area contributed by atoms with Gasteiger partial charge in [-0.3, -0.25) is 9.78 Å². The third kappa shape index (κ3) is 3.06. The van der Waals surface area contributed by atoms with Gasteiger partial charge in [-0.2, -0.15) is 0 Å². The number of rotatable bonds is 5. The molecule has 1 aromatic heterocycles. The normalized spacial score (nSPS) is 14.4. The Hall–Kier alpha value is -1.84. The highest BCUT2D eigenvalue weighted by Gasteiger charge is 2.31. The molecule has 0 unspecified atom stereocenters. The number of nitrogen functional groups attached to an aromatic ring is 1.